The van der Waals surface area contributed by atoms with E-state index in [1.165, 1.54) is 13.0 Å². The Morgan fingerprint density at radius 3 is 2.89 bits per heavy atom. The molecule has 1 unspecified atom stereocenters. The lowest BCUT2D eigenvalue weighted by atomic mass is 10.4. The summed E-state index contributed by atoms with van der Waals surface area (Å²) in [5, 5.41) is 23.9. The maximum Gasteiger partial charge on any atom is 0.433 e. The molecule has 2 amide bonds. The van der Waals surface area contributed by atoms with Crippen molar-refractivity contribution in [3.63, 3.8) is 0 Å². The molecule has 0 saturated heterocycles. The van der Waals surface area contributed by atoms with Gasteiger partial charge in [-0.2, -0.15) is 5.10 Å². The Balaban J connectivity index is 2.75. The summed E-state index contributed by atoms with van der Waals surface area (Å²) in [6.07, 6.45) is 0.292. The standard InChI is InChI=1S/C9H12N4O5/c1-6(14)5-12(9(10)15)11-4-7-2-3-8(18-7)13(16)17/h2-4,6,14H,5H2,1H3,(H2,10,15)/b11-4+. The molecule has 0 saturated carbocycles. The minimum atomic E-state index is -0.854. The van der Waals surface area contributed by atoms with Gasteiger partial charge < -0.3 is 15.3 Å². The fourth-order valence-corrected chi connectivity index (χ4v) is 1.08. The first-order valence-electron chi connectivity index (χ1n) is 4.93. The summed E-state index contributed by atoms with van der Waals surface area (Å²) in [5.74, 6) is -0.337. The minimum absolute atomic E-state index is 0.0887. The van der Waals surface area contributed by atoms with E-state index < -0.39 is 22.9 Å². The number of hydrogen-bond donors (Lipinski definition) is 2. The average molecular weight is 256 g/mol. The number of furan rings is 1. The van der Waals surface area contributed by atoms with Crippen LogP contribution in [0.15, 0.2) is 21.7 Å². The average Bonchev–Trinajstić information content (AvgIpc) is 2.72. The van der Waals surface area contributed by atoms with Gasteiger partial charge in [-0.1, -0.05) is 0 Å². The van der Waals surface area contributed by atoms with Crippen LogP contribution in [0.1, 0.15) is 12.7 Å². The van der Waals surface area contributed by atoms with Crippen LogP contribution in [0, 0.1) is 10.1 Å². The number of rotatable bonds is 5. The number of aliphatic hydroxyl groups excluding tert-OH is 1. The number of amides is 2. The predicted molar refractivity (Wildman–Crippen MR) is 60.9 cm³/mol. The molecule has 0 aliphatic carbocycles. The quantitative estimate of drug-likeness (QED) is 0.443. The Hall–Kier alpha value is -2.42. The summed E-state index contributed by atoms with van der Waals surface area (Å²) in [6.45, 7) is 1.37. The highest BCUT2D eigenvalue weighted by Gasteiger charge is 2.13. The lowest BCUT2D eigenvalue weighted by Crippen LogP contribution is -2.36. The number of nitrogens with zero attached hydrogens (tertiary/aromatic N) is 3. The smallest absolute Gasteiger partial charge is 0.400 e. The number of urea groups is 1. The molecule has 1 aromatic heterocycles. The van der Waals surface area contributed by atoms with Crippen molar-refractivity contribution in [2.24, 2.45) is 10.8 Å². The van der Waals surface area contributed by atoms with E-state index in [1.807, 2.05) is 0 Å². The molecule has 0 spiro atoms. The van der Waals surface area contributed by atoms with Gasteiger partial charge in [0.05, 0.1) is 24.9 Å². The van der Waals surface area contributed by atoms with Gasteiger partial charge in [0.1, 0.15) is 4.92 Å². The molecule has 0 bridgehead atoms. The minimum Gasteiger partial charge on any atom is -0.400 e. The number of carbonyl (C=O) groups is 1. The molecule has 1 atom stereocenters. The van der Waals surface area contributed by atoms with Crippen LogP contribution in [-0.2, 0) is 0 Å². The first-order chi connectivity index (χ1) is 8.40. The monoisotopic (exact) mass is 256 g/mol. The predicted octanol–water partition coefficient (Wildman–Crippen LogP) is 0.283. The summed E-state index contributed by atoms with van der Waals surface area (Å²) in [4.78, 5) is 20.6. The highest BCUT2D eigenvalue weighted by atomic mass is 16.6. The number of hydrogen-bond acceptors (Lipinski definition) is 6. The van der Waals surface area contributed by atoms with Gasteiger partial charge in [0, 0.05) is 0 Å². The van der Waals surface area contributed by atoms with Crippen LogP contribution in [0.2, 0.25) is 0 Å². The van der Waals surface area contributed by atoms with E-state index in [1.54, 1.807) is 0 Å². The maximum absolute atomic E-state index is 11.0. The third-order valence-corrected chi connectivity index (χ3v) is 1.81. The van der Waals surface area contributed by atoms with Crippen LogP contribution in [0.5, 0.6) is 0 Å². The zero-order valence-electron chi connectivity index (χ0n) is 9.52. The van der Waals surface area contributed by atoms with E-state index in [-0.39, 0.29) is 12.3 Å². The molecule has 0 aliphatic rings. The van der Waals surface area contributed by atoms with Gasteiger partial charge >= 0.3 is 11.9 Å². The zero-order chi connectivity index (χ0) is 13.7. The van der Waals surface area contributed by atoms with E-state index in [0.29, 0.717) is 0 Å². The summed E-state index contributed by atoms with van der Waals surface area (Å²) in [5.41, 5.74) is 5.03. The van der Waals surface area contributed by atoms with Crippen molar-refractivity contribution in [1.29, 1.82) is 0 Å². The van der Waals surface area contributed by atoms with E-state index >= 15 is 0 Å². The lowest BCUT2D eigenvalue weighted by Gasteiger charge is -2.15. The van der Waals surface area contributed by atoms with E-state index in [4.69, 9.17) is 15.3 Å². The van der Waals surface area contributed by atoms with Crippen molar-refractivity contribution in [2.45, 2.75) is 13.0 Å². The van der Waals surface area contributed by atoms with Crippen molar-refractivity contribution in [3.05, 3.63) is 28.0 Å². The van der Waals surface area contributed by atoms with Crippen molar-refractivity contribution >= 4 is 18.1 Å². The SMILES string of the molecule is CC(O)CN(/N=C/c1ccc([N+](=O)[O-])o1)C(N)=O. The zero-order valence-corrected chi connectivity index (χ0v) is 9.52. The van der Waals surface area contributed by atoms with Crippen LogP contribution in [0.3, 0.4) is 0 Å². The van der Waals surface area contributed by atoms with Gasteiger partial charge in [-0.05, 0) is 13.0 Å². The Morgan fingerprint density at radius 2 is 2.44 bits per heavy atom. The van der Waals surface area contributed by atoms with Crippen LogP contribution in [-0.4, -0.2) is 39.9 Å². The third-order valence-electron chi connectivity index (χ3n) is 1.81. The second-order valence-electron chi connectivity index (χ2n) is 3.45. The van der Waals surface area contributed by atoms with E-state index in [9.17, 15) is 14.9 Å². The molecule has 9 heteroatoms. The molecule has 0 aromatic carbocycles. The van der Waals surface area contributed by atoms with Crippen molar-refractivity contribution in [3.8, 4) is 0 Å². The number of nitrogens with two attached hydrogens (primary N) is 1. The highest BCUT2D eigenvalue weighted by Crippen LogP contribution is 2.13. The largest absolute Gasteiger partial charge is 0.433 e. The molecule has 0 aliphatic heterocycles. The lowest BCUT2D eigenvalue weighted by molar-refractivity contribution is -0.402. The fraction of sp³-hybridized carbons (Fsp3) is 0.333. The summed E-state index contributed by atoms with van der Waals surface area (Å²) >= 11 is 0. The molecule has 0 fully saturated rings. The molecule has 3 N–H and O–H groups in total. The van der Waals surface area contributed by atoms with Crippen LogP contribution in [0.4, 0.5) is 10.7 Å². The molecule has 0 radical (unpaired) electrons. The molecule has 1 aromatic rings. The number of aliphatic hydroxyl groups is 1. The van der Waals surface area contributed by atoms with E-state index in [0.717, 1.165) is 17.3 Å². The van der Waals surface area contributed by atoms with Gasteiger partial charge in [0.2, 0.25) is 0 Å². The number of nitro groups is 1. The highest BCUT2D eigenvalue weighted by molar-refractivity contribution is 5.79. The first kappa shape index (κ1) is 13.6. The summed E-state index contributed by atoms with van der Waals surface area (Å²) in [6, 6.07) is 1.63. The molecule has 1 heterocycles. The second-order valence-corrected chi connectivity index (χ2v) is 3.45. The summed E-state index contributed by atoms with van der Waals surface area (Å²) < 4.78 is 4.79. The Morgan fingerprint density at radius 1 is 1.78 bits per heavy atom. The Bertz CT molecular complexity index is 467. The molecule has 9 nitrogen and oxygen atoms in total. The normalized spacial score (nSPS) is 12.6. The van der Waals surface area contributed by atoms with Gasteiger partial charge in [-0.25, -0.2) is 9.80 Å². The first-order valence-corrected chi connectivity index (χ1v) is 4.93. The number of hydrazone groups is 1. The van der Waals surface area contributed by atoms with Crippen molar-refractivity contribution < 1.29 is 19.2 Å². The maximum atomic E-state index is 11.0. The topological polar surface area (TPSA) is 135 Å². The third kappa shape index (κ3) is 3.87. The summed E-state index contributed by atoms with van der Waals surface area (Å²) in [7, 11) is 0. The van der Waals surface area contributed by atoms with E-state index in [2.05, 4.69) is 5.10 Å². The molecule has 18 heavy (non-hydrogen) atoms. The molecular weight excluding hydrogens is 244 g/mol. The Labute approximate surface area is 102 Å². The van der Waals surface area contributed by atoms with Crippen molar-refractivity contribution in [1.82, 2.24) is 5.01 Å². The molecule has 98 valence electrons. The molecule has 1 rings (SSSR count). The number of primary amides is 1. The van der Waals surface area contributed by atoms with Gasteiger partial charge in [0.15, 0.2) is 5.76 Å². The Kier molecular flexibility index (Phi) is 4.38. The molecular formula is C9H12N4O5. The van der Waals surface area contributed by atoms with Crippen LogP contribution in [0.25, 0.3) is 0 Å². The van der Waals surface area contributed by atoms with Gasteiger partial charge in [-0.15, -0.1) is 0 Å². The van der Waals surface area contributed by atoms with Crippen LogP contribution >= 0.6 is 0 Å². The van der Waals surface area contributed by atoms with Gasteiger partial charge in [-0.3, -0.25) is 10.1 Å². The van der Waals surface area contributed by atoms with Crippen molar-refractivity contribution in [2.75, 3.05) is 6.54 Å². The number of carbonyl (C=O) groups excluding carboxylic acids is 1. The van der Waals surface area contributed by atoms with Crippen LogP contribution < -0.4 is 5.73 Å². The van der Waals surface area contributed by atoms with Gasteiger partial charge in [0.25, 0.3) is 0 Å². The fourth-order valence-electron chi connectivity index (χ4n) is 1.08. The second kappa shape index (κ2) is 5.77.